The zero-order valence-corrected chi connectivity index (χ0v) is 10.4. The van der Waals surface area contributed by atoms with Crippen LogP contribution in [0.1, 0.15) is 44.1 Å². The Kier molecular flexibility index (Phi) is 6.63. The van der Waals surface area contributed by atoms with Gasteiger partial charge in [-0.1, -0.05) is 62.8 Å². The molecule has 0 aliphatic heterocycles. The molecule has 2 heteroatoms. The summed E-state index contributed by atoms with van der Waals surface area (Å²) >= 11 is 0. The summed E-state index contributed by atoms with van der Waals surface area (Å²) in [5, 5.41) is 9.77. The van der Waals surface area contributed by atoms with Crippen molar-refractivity contribution in [2.45, 2.75) is 45.1 Å². The summed E-state index contributed by atoms with van der Waals surface area (Å²) in [6, 6.07) is 7.72. The molecule has 0 amide bonds. The van der Waals surface area contributed by atoms with E-state index in [1.54, 1.807) is 0 Å². The van der Waals surface area contributed by atoms with E-state index in [1.807, 2.05) is 24.3 Å². The molecule has 1 atom stereocenters. The lowest BCUT2D eigenvalue weighted by Crippen LogP contribution is -1.89. The Morgan fingerprint density at radius 2 is 1.27 bits per heavy atom. The molecule has 15 heavy (non-hydrogen) atoms. The topological polar surface area (TPSA) is 20.2 Å². The van der Waals surface area contributed by atoms with E-state index in [0.717, 1.165) is 10.9 Å². The van der Waals surface area contributed by atoms with Gasteiger partial charge in [-0.2, -0.15) is 0 Å². The van der Waals surface area contributed by atoms with Crippen molar-refractivity contribution >= 4 is 14.5 Å². The number of benzene rings is 1. The minimum Gasteiger partial charge on any atom is -0.392 e. The van der Waals surface area contributed by atoms with E-state index in [1.165, 1.54) is 38.5 Å². The average molecular weight is 224 g/mol. The molecule has 1 nitrogen and oxygen atoms in total. The maximum Gasteiger partial charge on any atom is 0.0681 e. The summed E-state index contributed by atoms with van der Waals surface area (Å²) in [5.74, 6) is 0. The van der Waals surface area contributed by atoms with Gasteiger partial charge in [0.25, 0.3) is 0 Å². The first-order chi connectivity index (χ1) is 7.33. The van der Waals surface area contributed by atoms with Gasteiger partial charge in [-0.25, -0.2) is 0 Å². The summed E-state index contributed by atoms with van der Waals surface area (Å²) in [7, 11) is 2.59. The molecular formula is C13H21OP. The van der Waals surface area contributed by atoms with Crippen LogP contribution in [0.2, 0.25) is 0 Å². The van der Waals surface area contributed by atoms with Crippen LogP contribution in [-0.4, -0.2) is 5.11 Å². The molecule has 1 saturated carbocycles. The second kappa shape index (κ2) is 7.84. The van der Waals surface area contributed by atoms with Crippen molar-refractivity contribution in [3.8, 4) is 0 Å². The highest BCUT2D eigenvalue weighted by Crippen LogP contribution is 2.15. The van der Waals surface area contributed by atoms with E-state index < -0.39 is 0 Å². The predicted octanol–water partition coefficient (Wildman–Crippen LogP) is 3.02. The highest BCUT2D eigenvalue weighted by molar-refractivity contribution is 7.27. The van der Waals surface area contributed by atoms with E-state index in [0.29, 0.717) is 0 Å². The molecule has 1 aromatic rings. The first-order valence-electron chi connectivity index (χ1n) is 5.78. The standard InChI is InChI=1S/C7H9OP.C6H12/c8-5-6-1-3-7(9)4-2-6;1-2-4-6-5-3-1/h1-4,8H,5,9H2;1-6H2. The lowest BCUT2D eigenvalue weighted by Gasteiger charge is -2.05. The second-order valence-corrected chi connectivity index (χ2v) is 4.69. The third kappa shape index (κ3) is 5.92. The summed E-state index contributed by atoms with van der Waals surface area (Å²) in [4.78, 5) is 0. The van der Waals surface area contributed by atoms with E-state index in [-0.39, 0.29) is 6.61 Å². The fourth-order valence-electron chi connectivity index (χ4n) is 1.68. The van der Waals surface area contributed by atoms with E-state index in [4.69, 9.17) is 5.11 Å². The third-order valence-corrected chi connectivity index (χ3v) is 3.05. The number of hydrogen-bond donors (Lipinski definition) is 1. The number of aliphatic hydroxyl groups excluding tert-OH is 1. The molecule has 84 valence electrons. The zero-order valence-electron chi connectivity index (χ0n) is 9.28. The summed E-state index contributed by atoms with van der Waals surface area (Å²) < 4.78 is 0. The van der Waals surface area contributed by atoms with Crippen LogP contribution in [-0.2, 0) is 6.61 Å². The van der Waals surface area contributed by atoms with Gasteiger partial charge >= 0.3 is 0 Å². The second-order valence-electron chi connectivity index (χ2n) is 4.02. The van der Waals surface area contributed by atoms with Crippen molar-refractivity contribution in [3.05, 3.63) is 29.8 Å². The van der Waals surface area contributed by atoms with Crippen LogP contribution in [0.15, 0.2) is 24.3 Å². The number of aliphatic hydroxyl groups is 1. The van der Waals surface area contributed by atoms with Crippen LogP contribution in [0.3, 0.4) is 0 Å². The molecule has 0 aromatic heterocycles. The number of rotatable bonds is 1. The highest BCUT2D eigenvalue weighted by Gasteiger charge is 1.95. The van der Waals surface area contributed by atoms with Crippen molar-refractivity contribution in [2.75, 3.05) is 0 Å². The minimum absolute atomic E-state index is 0.130. The Hall–Kier alpha value is -0.390. The molecule has 1 aromatic carbocycles. The monoisotopic (exact) mass is 224 g/mol. The Morgan fingerprint density at radius 1 is 0.867 bits per heavy atom. The molecule has 0 saturated heterocycles. The third-order valence-electron chi connectivity index (χ3n) is 2.66. The molecule has 1 unspecified atom stereocenters. The van der Waals surface area contributed by atoms with Crippen molar-refractivity contribution in [3.63, 3.8) is 0 Å². The summed E-state index contributed by atoms with van der Waals surface area (Å²) in [6.45, 7) is 0.130. The van der Waals surface area contributed by atoms with Gasteiger partial charge in [0.05, 0.1) is 6.61 Å². The van der Waals surface area contributed by atoms with Crippen molar-refractivity contribution in [1.82, 2.24) is 0 Å². The van der Waals surface area contributed by atoms with Crippen LogP contribution in [0, 0.1) is 0 Å². The highest BCUT2D eigenvalue weighted by atomic mass is 31.0. The molecule has 1 N–H and O–H groups in total. The molecule has 0 heterocycles. The van der Waals surface area contributed by atoms with Crippen molar-refractivity contribution in [1.29, 1.82) is 0 Å². The van der Waals surface area contributed by atoms with Crippen LogP contribution in [0.5, 0.6) is 0 Å². The zero-order chi connectivity index (χ0) is 10.9. The molecule has 0 spiro atoms. The lowest BCUT2D eigenvalue weighted by atomic mass is 10.0. The van der Waals surface area contributed by atoms with Gasteiger partial charge in [-0.05, 0) is 10.9 Å². The summed E-state index contributed by atoms with van der Waals surface area (Å²) in [5.41, 5.74) is 0.959. The molecule has 0 bridgehead atoms. The Morgan fingerprint density at radius 3 is 1.60 bits per heavy atom. The van der Waals surface area contributed by atoms with Crippen LogP contribution in [0.4, 0.5) is 0 Å². The van der Waals surface area contributed by atoms with E-state index >= 15 is 0 Å². The Balaban J connectivity index is 0.000000162. The fourth-order valence-corrected chi connectivity index (χ4v) is 1.88. The fraction of sp³-hybridized carbons (Fsp3) is 0.538. The maximum absolute atomic E-state index is 8.62. The van der Waals surface area contributed by atoms with Crippen LogP contribution in [0.25, 0.3) is 0 Å². The van der Waals surface area contributed by atoms with E-state index in [9.17, 15) is 0 Å². The first kappa shape index (κ1) is 12.7. The Labute approximate surface area is 95.1 Å². The van der Waals surface area contributed by atoms with Gasteiger partial charge in [-0.15, -0.1) is 9.24 Å². The van der Waals surface area contributed by atoms with Crippen LogP contribution < -0.4 is 5.30 Å². The smallest absolute Gasteiger partial charge is 0.0681 e. The normalized spacial score (nSPS) is 15.3. The maximum atomic E-state index is 8.62. The molecule has 1 fully saturated rings. The largest absolute Gasteiger partial charge is 0.392 e. The van der Waals surface area contributed by atoms with Crippen molar-refractivity contribution in [2.24, 2.45) is 0 Å². The van der Waals surface area contributed by atoms with Gasteiger partial charge < -0.3 is 5.11 Å². The average Bonchev–Trinajstić information content (AvgIpc) is 2.33. The lowest BCUT2D eigenvalue weighted by molar-refractivity contribution is 0.282. The molecule has 2 rings (SSSR count). The predicted molar refractivity (Wildman–Crippen MR) is 69.4 cm³/mol. The number of hydrogen-bond acceptors (Lipinski definition) is 1. The minimum atomic E-state index is 0.130. The van der Waals surface area contributed by atoms with Gasteiger partial charge in [0.1, 0.15) is 0 Å². The molecule has 0 radical (unpaired) electrons. The van der Waals surface area contributed by atoms with Gasteiger partial charge in [0.15, 0.2) is 0 Å². The molecular weight excluding hydrogens is 203 g/mol. The van der Waals surface area contributed by atoms with Crippen molar-refractivity contribution < 1.29 is 5.11 Å². The van der Waals surface area contributed by atoms with Gasteiger partial charge in [0.2, 0.25) is 0 Å². The Bertz CT molecular complexity index is 240. The van der Waals surface area contributed by atoms with Gasteiger partial charge in [0, 0.05) is 0 Å². The SMILES string of the molecule is C1CCCCC1.OCc1ccc(P)cc1. The molecule has 1 aliphatic carbocycles. The van der Waals surface area contributed by atoms with E-state index in [2.05, 4.69) is 9.24 Å². The van der Waals surface area contributed by atoms with Gasteiger partial charge in [-0.3, -0.25) is 0 Å². The molecule has 1 aliphatic rings. The first-order valence-corrected chi connectivity index (χ1v) is 6.36. The van der Waals surface area contributed by atoms with Crippen LogP contribution >= 0.6 is 9.24 Å². The summed E-state index contributed by atoms with van der Waals surface area (Å²) in [6.07, 6.45) is 9.00. The quantitative estimate of drug-likeness (QED) is 0.727.